The molecule has 262 valence electrons. The quantitative estimate of drug-likeness (QED) is 0.157. The van der Waals surface area contributed by atoms with Crippen molar-refractivity contribution in [3.63, 3.8) is 0 Å². The molecule has 0 spiro atoms. The summed E-state index contributed by atoms with van der Waals surface area (Å²) in [7, 11) is 3.91. The number of carbonyl (C=O) groups is 2. The van der Waals surface area contributed by atoms with Crippen LogP contribution >= 0.6 is 23.2 Å². The van der Waals surface area contributed by atoms with Crippen LogP contribution in [-0.4, -0.2) is 46.5 Å². The van der Waals surface area contributed by atoms with Crippen LogP contribution in [0.15, 0.2) is 42.5 Å². The normalized spacial score (nSPS) is 16.9. The number of rotatable bonds is 11. The Morgan fingerprint density at radius 1 is 1.02 bits per heavy atom. The molecule has 2 heterocycles. The molecule has 50 heavy (non-hydrogen) atoms. The molecule has 10 nitrogen and oxygen atoms in total. The number of hydroxylamine groups is 1. The molecule has 0 radical (unpaired) electrons. The zero-order valence-corrected chi connectivity index (χ0v) is 29.6. The van der Waals surface area contributed by atoms with Crippen molar-refractivity contribution in [1.29, 1.82) is 0 Å². The Morgan fingerprint density at radius 3 is 2.58 bits per heavy atom. The number of carbonyl (C=O) groups excluding carboxylic acids is 2. The highest BCUT2D eigenvalue weighted by Crippen LogP contribution is 2.45. The van der Waals surface area contributed by atoms with Crippen molar-refractivity contribution in [3.8, 4) is 22.6 Å². The number of ether oxygens (including phenoxy) is 2. The minimum atomic E-state index is -0.710. The molecule has 2 N–H and O–H groups in total. The van der Waals surface area contributed by atoms with Gasteiger partial charge in [-0.15, -0.1) is 5.48 Å². The molecule has 1 aromatic heterocycles. The summed E-state index contributed by atoms with van der Waals surface area (Å²) in [6.07, 6.45) is 3.33. The van der Waals surface area contributed by atoms with Gasteiger partial charge in [0.25, 0.3) is 5.91 Å². The Morgan fingerprint density at radius 2 is 1.80 bits per heavy atom. The van der Waals surface area contributed by atoms with E-state index in [2.05, 4.69) is 20.7 Å². The van der Waals surface area contributed by atoms with Gasteiger partial charge < -0.3 is 29.1 Å². The molecule has 1 saturated carbocycles. The highest BCUT2D eigenvalue weighted by Gasteiger charge is 2.33. The summed E-state index contributed by atoms with van der Waals surface area (Å²) in [5, 5.41) is 3.21. The zero-order chi connectivity index (χ0) is 35.1. The van der Waals surface area contributed by atoms with Gasteiger partial charge in [0.2, 0.25) is 0 Å². The van der Waals surface area contributed by atoms with Gasteiger partial charge >= 0.3 is 5.97 Å². The van der Waals surface area contributed by atoms with Crippen LogP contribution in [0.5, 0.6) is 11.5 Å². The molecule has 2 aliphatic carbocycles. The monoisotopic (exact) mass is 721 g/mol. The molecular formula is C37H38Cl2FN5O5. The minimum absolute atomic E-state index is 0.0983. The fourth-order valence-corrected chi connectivity index (χ4v) is 7.24. The summed E-state index contributed by atoms with van der Waals surface area (Å²) < 4.78 is 29.6. The van der Waals surface area contributed by atoms with Crippen LogP contribution in [0, 0.1) is 11.7 Å². The average molecular weight is 723 g/mol. The van der Waals surface area contributed by atoms with Crippen molar-refractivity contribution in [2.24, 2.45) is 13.0 Å². The molecule has 7 rings (SSSR count). The third kappa shape index (κ3) is 6.67. The summed E-state index contributed by atoms with van der Waals surface area (Å²) in [6.45, 7) is 3.58. The number of hydrogen-bond acceptors (Lipinski definition) is 8. The standard InChI is InChI=1S/C37H38Cl2FN5O5/c1-4-48-30-17-31(33(39)34(40)25(30)18-41-50-37(47)20-11-12-20)49-29-14-13-22-21(7-5-8-23(22)29)24-9-6-10-26(32(24)38)43-36(46)35-42-27-19-44(2)16-15-28(27)45(35)3/h5-10,17,20,29,41H,4,11-16,18-19H2,1-3H3,(H,43,46). The van der Waals surface area contributed by atoms with Gasteiger partial charge in [0.15, 0.2) is 11.6 Å². The van der Waals surface area contributed by atoms with Crippen LogP contribution in [0.25, 0.3) is 11.1 Å². The molecule has 0 bridgehead atoms. The van der Waals surface area contributed by atoms with Crippen molar-refractivity contribution in [2.75, 3.05) is 25.5 Å². The molecule has 1 atom stereocenters. The van der Waals surface area contributed by atoms with Crippen molar-refractivity contribution in [2.45, 2.75) is 58.2 Å². The zero-order valence-electron chi connectivity index (χ0n) is 28.1. The van der Waals surface area contributed by atoms with Crippen LogP contribution < -0.4 is 20.3 Å². The predicted molar refractivity (Wildman–Crippen MR) is 188 cm³/mol. The molecule has 13 heteroatoms. The first-order valence-electron chi connectivity index (χ1n) is 16.8. The van der Waals surface area contributed by atoms with Gasteiger partial charge in [0.05, 0.1) is 35.5 Å². The maximum absolute atomic E-state index is 15.7. The van der Waals surface area contributed by atoms with E-state index in [4.69, 9.17) is 37.5 Å². The second-order valence-electron chi connectivity index (χ2n) is 12.9. The summed E-state index contributed by atoms with van der Waals surface area (Å²) in [6, 6.07) is 13.0. The second-order valence-corrected chi connectivity index (χ2v) is 13.7. The number of nitrogens with zero attached hydrogens (tertiary/aromatic N) is 3. The Hall–Kier alpha value is -4.16. The molecular weight excluding hydrogens is 684 g/mol. The molecule has 0 saturated heterocycles. The molecule has 3 aliphatic rings. The molecule has 1 amide bonds. The van der Waals surface area contributed by atoms with Crippen LogP contribution in [0.3, 0.4) is 0 Å². The van der Waals surface area contributed by atoms with Crippen LogP contribution in [0.4, 0.5) is 10.1 Å². The highest BCUT2D eigenvalue weighted by molar-refractivity contribution is 6.36. The number of fused-ring (bicyclic) bond motifs is 2. The number of amides is 1. The second kappa shape index (κ2) is 14.2. The number of hydrogen-bond donors (Lipinski definition) is 2. The van der Waals surface area contributed by atoms with Crippen molar-refractivity contribution in [1.82, 2.24) is 19.9 Å². The first-order valence-corrected chi connectivity index (χ1v) is 17.6. The third-order valence-electron chi connectivity index (χ3n) is 9.54. The van der Waals surface area contributed by atoms with E-state index in [1.54, 1.807) is 19.1 Å². The first-order chi connectivity index (χ1) is 24.1. The number of halogens is 3. The lowest BCUT2D eigenvalue weighted by atomic mass is 9.96. The van der Waals surface area contributed by atoms with Crippen molar-refractivity contribution >= 4 is 40.8 Å². The fraction of sp³-hybridized carbons (Fsp3) is 0.378. The molecule has 1 aliphatic heterocycles. The summed E-state index contributed by atoms with van der Waals surface area (Å²) in [5.74, 6) is -0.752. The third-order valence-corrected chi connectivity index (χ3v) is 10.3. The Balaban J connectivity index is 1.11. The lowest BCUT2D eigenvalue weighted by Gasteiger charge is -2.21. The van der Waals surface area contributed by atoms with E-state index in [0.29, 0.717) is 35.9 Å². The summed E-state index contributed by atoms with van der Waals surface area (Å²) in [4.78, 5) is 37.3. The van der Waals surface area contributed by atoms with Crippen molar-refractivity contribution < 1.29 is 28.3 Å². The lowest BCUT2D eigenvalue weighted by molar-refractivity contribution is -0.153. The van der Waals surface area contributed by atoms with Gasteiger partial charge in [-0.2, -0.15) is 0 Å². The van der Waals surface area contributed by atoms with E-state index < -0.39 is 11.9 Å². The number of likely N-dealkylation sites (N-methyl/N-ethyl adjacent to an activating group) is 1. The molecule has 4 aromatic rings. The van der Waals surface area contributed by atoms with Gasteiger partial charge in [-0.25, -0.2) is 9.37 Å². The van der Waals surface area contributed by atoms with E-state index in [1.807, 2.05) is 49.0 Å². The smallest absolute Gasteiger partial charge is 0.327 e. The fourth-order valence-electron chi connectivity index (χ4n) is 6.76. The first kappa shape index (κ1) is 34.3. The molecule has 1 unspecified atom stereocenters. The topological polar surface area (TPSA) is 107 Å². The largest absolute Gasteiger partial charge is 0.493 e. The average Bonchev–Trinajstić information content (AvgIpc) is 3.80. The van der Waals surface area contributed by atoms with E-state index in [-0.39, 0.29) is 53.0 Å². The maximum Gasteiger partial charge on any atom is 0.327 e. The van der Waals surface area contributed by atoms with Crippen LogP contribution in [0.1, 0.15) is 71.0 Å². The van der Waals surface area contributed by atoms with E-state index in [9.17, 15) is 9.59 Å². The van der Waals surface area contributed by atoms with Crippen molar-refractivity contribution in [3.05, 3.63) is 92.2 Å². The van der Waals surface area contributed by atoms with Gasteiger partial charge in [-0.1, -0.05) is 53.5 Å². The SMILES string of the molecule is CCOc1cc(OC2CCc3c(-c4cccc(NC(=O)c5nc6c(n5C)CCN(C)C6)c4Cl)cccc32)c(Cl)c(F)c1CNOC(=O)C1CC1. The Kier molecular flexibility index (Phi) is 9.76. The molecule has 3 aromatic carbocycles. The van der Waals surface area contributed by atoms with Gasteiger partial charge in [-0.05, 0) is 62.4 Å². The predicted octanol–water partition coefficient (Wildman–Crippen LogP) is 7.20. The lowest BCUT2D eigenvalue weighted by Crippen LogP contribution is -2.27. The van der Waals surface area contributed by atoms with Gasteiger partial charge in [0, 0.05) is 49.4 Å². The Labute approximate surface area is 299 Å². The number of nitrogens with one attached hydrogen (secondary N) is 2. The van der Waals surface area contributed by atoms with E-state index in [1.165, 1.54) is 0 Å². The number of imidazole rings is 1. The summed E-state index contributed by atoms with van der Waals surface area (Å²) in [5.41, 5.74) is 8.82. The molecule has 1 fully saturated rings. The number of benzene rings is 3. The van der Waals surface area contributed by atoms with Crippen LogP contribution in [0.2, 0.25) is 10.0 Å². The highest BCUT2D eigenvalue weighted by atomic mass is 35.5. The van der Waals surface area contributed by atoms with Gasteiger partial charge in [0.1, 0.15) is 22.6 Å². The number of anilines is 1. The maximum atomic E-state index is 15.7. The van der Waals surface area contributed by atoms with E-state index in [0.717, 1.165) is 59.4 Å². The Bertz CT molecular complexity index is 1980. The number of aromatic nitrogens is 2. The summed E-state index contributed by atoms with van der Waals surface area (Å²) >= 11 is 13.5. The van der Waals surface area contributed by atoms with Crippen LogP contribution in [-0.2, 0) is 42.6 Å². The minimum Gasteiger partial charge on any atom is -0.493 e. The van der Waals surface area contributed by atoms with E-state index >= 15 is 4.39 Å². The van der Waals surface area contributed by atoms with Gasteiger partial charge in [-0.3, -0.25) is 9.59 Å².